The number of benzene rings is 2. The van der Waals surface area contributed by atoms with Crippen LogP contribution in [0.5, 0.6) is 0 Å². The highest BCUT2D eigenvalue weighted by atomic mass is 32.2. The van der Waals surface area contributed by atoms with Gasteiger partial charge in [0.1, 0.15) is 0 Å². The van der Waals surface area contributed by atoms with Gasteiger partial charge in [-0.3, -0.25) is 4.79 Å². The summed E-state index contributed by atoms with van der Waals surface area (Å²) in [6.45, 7) is 0. The average molecular weight is 326 g/mol. The maximum atomic E-state index is 11.9. The van der Waals surface area contributed by atoms with Crippen LogP contribution in [0.3, 0.4) is 0 Å². The second-order valence-corrected chi connectivity index (χ2v) is 6.37. The van der Waals surface area contributed by atoms with Crippen molar-refractivity contribution < 1.29 is 4.79 Å². The van der Waals surface area contributed by atoms with Crippen LogP contribution in [0.15, 0.2) is 70.5 Å². The van der Waals surface area contributed by atoms with Gasteiger partial charge in [-0.2, -0.15) is 0 Å². The Balaban J connectivity index is 1.95. The van der Waals surface area contributed by atoms with E-state index in [-0.39, 0.29) is 5.78 Å². The molecule has 0 N–H and O–H groups in total. The largest absolute Gasteiger partial charge is 0.290 e. The summed E-state index contributed by atoms with van der Waals surface area (Å²) in [5.74, 6) is -0.0112. The Morgan fingerprint density at radius 1 is 0.727 bits per heavy atom. The van der Waals surface area contributed by atoms with Crippen LogP contribution in [0.2, 0.25) is 0 Å². The summed E-state index contributed by atoms with van der Waals surface area (Å²) < 4.78 is 0. The van der Waals surface area contributed by atoms with E-state index in [0.717, 1.165) is 11.1 Å². The van der Waals surface area contributed by atoms with Gasteiger partial charge in [0.05, 0.1) is 0 Å². The van der Waals surface area contributed by atoms with Crippen molar-refractivity contribution in [3.05, 3.63) is 71.8 Å². The zero-order valence-corrected chi connectivity index (χ0v) is 14.3. The number of thioether (sulfide) groups is 2. The quantitative estimate of drug-likeness (QED) is 0.521. The number of hydrogen-bond donors (Lipinski definition) is 0. The van der Waals surface area contributed by atoms with Gasteiger partial charge in [0.15, 0.2) is 5.78 Å². The molecule has 0 fully saturated rings. The Morgan fingerprint density at radius 3 is 1.41 bits per heavy atom. The molecule has 0 saturated heterocycles. The lowest BCUT2D eigenvalue weighted by molar-refractivity contribution is -0.110. The molecule has 0 bridgehead atoms. The van der Waals surface area contributed by atoms with Crippen LogP contribution in [0, 0.1) is 0 Å². The van der Waals surface area contributed by atoms with E-state index in [1.165, 1.54) is 9.79 Å². The lowest BCUT2D eigenvalue weighted by Gasteiger charge is -1.97. The summed E-state index contributed by atoms with van der Waals surface area (Å²) in [5, 5.41) is 0. The minimum Gasteiger partial charge on any atom is -0.290 e. The summed E-state index contributed by atoms with van der Waals surface area (Å²) in [7, 11) is 0. The van der Waals surface area contributed by atoms with Crippen molar-refractivity contribution in [1.29, 1.82) is 0 Å². The minimum atomic E-state index is -0.0112. The van der Waals surface area contributed by atoms with Gasteiger partial charge in [0.25, 0.3) is 0 Å². The maximum Gasteiger partial charge on any atom is 0.178 e. The van der Waals surface area contributed by atoms with E-state index in [1.54, 1.807) is 35.7 Å². The number of carbonyl (C=O) groups is 1. The van der Waals surface area contributed by atoms with Crippen molar-refractivity contribution in [3.63, 3.8) is 0 Å². The third kappa shape index (κ3) is 5.24. The highest BCUT2D eigenvalue weighted by Crippen LogP contribution is 2.16. The molecule has 0 aromatic heterocycles. The molecule has 2 aromatic rings. The Kier molecular flexibility index (Phi) is 6.56. The molecule has 112 valence electrons. The molecule has 0 aliphatic rings. The molecule has 22 heavy (non-hydrogen) atoms. The summed E-state index contributed by atoms with van der Waals surface area (Å²) in [5.41, 5.74) is 2.06. The van der Waals surface area contributed by atoms with Crippen molar-refractivity contribution in [2.45, 2.75) is 9.79 Å². The number of rotatable bonds is 6. The van der Waals surface area contributed by atoms with Crippen LogP contribution in [0.1, 0.15) is 11.1 Å². The fourth-order valence-corrected chi connectivity index (χ4v) is 2.66. The van der Waals surface area contributed by atoms with Gasteiger partial charge in [0, 0.05) is 9.79 Å². The summed E-state index contributed by atoms with van der Waals surface area (Å²) in [6, 6.07) is 16.3. The van der Waals surface area contributed by atoms with E-state index in [9.17, 15) is 4.79 Å². The normalized spacial score (nSPS) is 11.4. The predicted octanol–water partition coefficient (Wildman–Crippen LogP) is 5.43. The zero-order valence-electron chi connectivity index (χ0n) is 12.7. The molecule has 2 rings (SSSR count). The molecular weight excluding hydrogens is 308 g/mol. The standard InChI is InChI=1S/C19H18OS2/c1-21-18-11-5-15(6-12-18)3-9-17(20)10-4-16-7-13-19(22-2)14-8-16/h3-14H,1-2H3. The van der Waals surface area contributed by atoms with Crippen molar-refractivity contribution >= 4 is 41.5 Å². The fraction of sp³-hybridized carbons (Fsp3) is 0.105. The monoisotopic (exact) mass is 326 g/mol. The van der Waals surface area contributed by atoms with Gasteiger partial charge in [0.2, 0.25) is 0 Å². The van der Waals surface area contributed by atoms with E-state index < -0.39 is 0 Å². The first-order valence-electron chi connectivity index (χ1n) is 6.89. The lowest BCUT2D eigenvalue weighted by atomic mass is 10.1. The van der Waals surface area contributed by atoms with E-state index in [4.69, 9.17) is 0 Å². The van der Waals surface area contributed by atoms with Crippen LogP contribution in [0.4, 0.5) is 0 Å². The Labute approximate surface area is 140 Å². The molecule has 0 unspecified atom stereocenters. The van der Waals surface area contributed by atoms with Gasteiger partial charge >= 0.3 is 0 Å². The minimum absolute atomic E-state index is 0.0112. The second-order valence-electron chi connectivity index (χ2n) is 4.62. The average Bonchev–Trinajstić information content (AvgIpc) is 2.59. The SMILES string of the molecule is CSc1ccc(C=CC(=O)C=Cc2ccc(SC)cc2)cc1. The smallest absolute Gasteiger partial charge is 0.178 e. The third-order valence-corrected chi connectivity index (χ3v) is 4.60. The van der Waals surface area contributed by atoms with Crippen LogP contribution in [0.25, 0.3) is 12.2 Å². The van der Waals surface area contributed by atoms with E-state index in [0.29, 0.717) is 0 Å². The molecule has 0 radical (unpaired) electrons. The van der Waals surface area contributed by atoms with Gasteiger partial charge < -0.3 is 0 Å². The number of hydrogen-bond acceptors (Lipinski definition) is 3. The first-order valence-corrected chi connectivity index (χ1v) is 9.34. The van der Waals surface area contributed by atoms with Crippen LogP contribution < -0.4 is 0 Å². The van der Waals surface area contributed by atoms with Crippen molar-refractivity contribution in [1.82, 2.24) is 0 Å². The van der Waals surface area contributed by atoms with Crippen LogP contribution in [-0.4, -0.2) is 18.3 Å². The topological polar surface area (TPSA) is 17.1 Å². The Bertz CT molecular complexity index is 608. The molecule has 0 spiro atoms. The first-order chi connectivity index (χ1) is 10.7. The molecule has 0 heterocycles. The fourth-order valence-electron chi connectivity index (χ4n) is 1.84. The summed E-state index contributed by atoms with van der Waals surface area (Å²) >= 11 is 3.41. The first kappa shape index (κ1) is 16.7. The molecule has 0 aliphatic heterocycles. The van der Waals surface area contributed by atoms with Crippen LogP contribution >= 0.6 is 23.5 Å². The highest BCUT2D eigenvalue weighted by Gasteiger charge is 1.94. The van der Waals surface area contributed by atoms with Gasteiger partial charge in [-0.1, -0.05) is 36.4 Å². The van der Waals surface area contributed by atoms with Gasteiger partial charge in [-0.25, -0.2) is 0 Å². The molecule has 2 aromatic carbocycles. The highest BCUT2D eigenvalue weighted by molar-refractivity contribution is 7.98. The third-order valence-electron chi connectivity index (χ3n) is 3.11. The number of carbonyl (C=O) groups excluding carboxylic acids is 1. The van der Waals surface area contributed by atoms with Gasteiger partial charge in [-0.05, 0) is 60.1 Å². The molecule has 0 saturated carbocycles. The predicted molar refractivity (Wildman–Crippen MR) is 99.5 cm³/mol. The Morgan fingerprint density at radius 2 is 1.09 bits per heavy atom. The molecule has 1 nitrogen and oxygen atoms in total. The van der Waals surface area contributed by atoms with Crippen molar-refractivity contribution in [2.75, 3.05) is 12.5 Å². The van der Waals surface area contributed by atoms with Crippen molar-refractivity contribution in [3.8, 4) is 0 Å². The van der Waals surface area contributed by atoms with E-state index in [2.05, 4.69) is 24.3 Å². The molecule has 3 heteroatoms. The lowest BCUT2D eigenvalue weighted by Crippen LogP contribution is -1.85. The summed E-state index contributed by atoms with van der Waals surface area (Å²) in [4.78, 5) is 14.3. The van der Waals surface area contributed by atoms with Gasteiger partial charge in [-0.15, -0.1) is 23.5 Å². The Hall–Kier alpha value is -1.71. The number of allylic oxidation sites excluding steroid dienone is 2. The van der Waals surface area contributed by atoms with Crippen molar-refractivity contribution in [2.24, 2.45) is 0 Å². The van der Waals surface area contributed by atoms with E-state index >= 15 is 0 Å². The molecule has 0 amide bonds. The second kappa shape index (κ2) is 8.66. The molecular formula is C19H18OS2. The molecule has 0 aliphatic carbocycles. The zero-order chi connectivity index (χ0) is 15.8. The van der Waals surface area contributed by atoms with E-state index in [1.807, 2.05) is 48.9 Å². The number of ketones is 1. The summed E-state index contributed by atoms with van der Waals surface area (Å²) in [6.07, 6.45) is 11.0. The van der Waals surface area contributed by atoms with Crippen LogP contribution in [-0.2, 0) is 4.79 Å². The molecule has 0 atom stereocenters. The maximum absolute atomic E-state index is 11.9.